The third kappa shape index (κ3) is 4.21. The smallest absolute Gasteiger partial charge is 0.325 e. The summed E-state index contributed by atoms with van der Waals surface area (Å²) in [6.07, 6.45) is 0. The van der Waals surface area contributed by atoms with Gasteiger partial charge in [0.1, 0.15) is 12.1 Å². The monoisotopic (exact) mass is 271 g/mol. The van der Waals surface area contributed by atoms with Crippen molar-refractivity contribution in [2.24, 2.45) is 5.73 Å². The minimum Gasteiger partial charge on any atom is -0.480 e. The summed E-state index contributed by atoms with van der Waals surface area (Å²) in [7, 11) is 0. The van der Waals surface area contributed by atoms with Crippen molar-refractivity contribution in [3.8, 4) is 0 Å². The second-order valence-corrected chi connectivity index (χ2v) is 4.17. The molecule has 0 aliphatic heterocycles. The lowest BCUT2D eigenvalue weighted by Gasteiger charge is -2.13. The maximum absolute atomic E-state index is 11.5. The van der Waals surface area contributed by atoms with Crippen molar-refractivity contribution < 1.29 is 19.1 Å². The van der Waals surface area contributed by atoms with Gasteiger partial charge in [-0.25, -0.2) is 4.79 Å². The molecule has 1 aromatic heterocycles. The Kier molecular flexibility index (Phi) is 4.81. The summed E-state index contributed by atoms with van der Waals surface area (Å²) in [5.41, 5.74) is 5.57. The highest BCUT2D eigenvalue weighted by atomic mass is 16.4. The van der Waals surface area contributed by atoms with Gasteiger partial charge >= 0.3 is 12.0 Å². The van der Waals surface area contributed by atoms with Crippen molar-refractivity contribution in [2.45, 2.75) is 38.9 Å². The fraction of sp³-hybridized carbons (Fsp3) is 0.600. The molecule has 2 amide bonds. The average molecular weight is 271 g/mol. The number of carbonyl (C=O) groups excluding carboxylic acids is 1. The van der Waals surface area contributed by atoms with Crippen molar-refractivity contribution in [3.05, 3.63) is 11.8 Å². The minimum atomic E-state index is -1.13. The van der Waals surface area contributed by atoms with Gasteiger partial charge < -0.3 is 25.9 Å². The zero-order chi connectivity index (χ0) is 14.6. The Labute approximate surface area is 109 Å². The predicted octanol–water partition coefficient (Wildman–Crippen LogP) is -0.0774. The van der Waals surface area contributed by atoms with Crippen LogP contribution in [0.1, 0.15) is 44.6 Å². The predicted molar refractivity (Wildman–Crippen MR) is 64.1 cm³/mol. The summed E-state index contributed by atoms with van der Waals surface area (Å²) in [6, 6.07) is -2.58. The highest BCUT2D eigenvalue weighted by molar-refractivity contribution is 5.82. The van der Waals surface area contributed by atoms with E-state index in [1.807, 2.05) is 0 Å². The van der Waals surface area contributed by atoms with E-state index in [9.17, 15) is 9.59 Å². The zero-order valence-corrected chi connectivity index (χ0v) is 10.9. The number of nitrogens with zero attached hydrogens (tertiary/aromatic N) is 2. The maximum atomic E-state index is 11.5. The highest BCUT2D eigenvalue weighted by Crippen LogP contribution is 2.13. The van der Waals surface area contributed by atoms with Gasteiger partial charge in [-0.2, -0.15) is 0 Å². The van der Waals surface area contributed by atoms with Gasteiger partial charge in [0.15, 0.2) is 0 Å². The van der Waals surface area contributed by atoms with Crippen LogP contribution in [0.4, 0.5) is 4.79 Å². The molecule has 0 aromatic carbocycles. The lowest BCUT2D eigenvalue weighted by Crippen LogP contribution is -2.45. The summed E-state index contributed by atoms with van der Waals surface area (Å²) >= 11 is 0. The quantitative estimate of drug-likeness (QED) is 0.586. The first-order valence-electron chi connectivity index (χ1n) is 5.70. The Bertz CT molecular complexity index is 459. The van der Waals surface area contributed by atoms with E-state index >= 15 is 0 Å². The van der Waals surface area contributed by atoms with E-state index in [0.29, 0.717) is 0 Å². The summed E-state index contributed by atoms with van der Waals surface area (Å²) in [5, 5.41) is 20.9. The molecular formula is C10H17N5O4. The number of urea groups is 1. The molecule has 0 fully saturated rings. The lowest BCUT2D eigenvalue weighted by atomic mass is 10.3. The Morgan fingerprint density at radius 1 is 1.21 bits per heavy atom. The largest absolute Gasteiger partial charge is 0.480 e. The van der Waals surface area contributed by atoms with Crippen molar-refractivity contribution in [2.75, 3.05) is 0 Å². The molecule has 0 aliphatic carbocycles. The van der Waals surface area contributed by atoms with Crippen LogP contribution < -0.4 is 16.4 Å². The number of nitrogens with two attached hydrogens (primary N) is 1. The Hall–Kier alpha value is -2.16. The molecule has 9 nitrogen and oxygen atoms in total. The molecule has 1 heterocycles. The first-order chi connectivity index (χ1) is 8.81. The molecule has 0 aliphatic rings. The second kappa shape index (κ2) is 6.14. The Balaban J connectivity index is 2.56. The van der Waals surface area contributed by atoms with Gasteiger partial charge in [0, 0.05) is 0 Å². The van der Waals surface area contributed by atoms with Gasteiger partial charge in [-0.05, 0) is 20.8 Å². The number of amides is 2. The van der Waals surface area contributed by atoms with E-state index in [1.54, 1.807) is 13.8 Å². The van der Waals surface area contributed by atoms with Crippen LogP contribution in [0.25, 0.3) is 0 Å². The SMILES string of the molecule is C[C@H](NC(=O)N[C@@H](C)c1nnc([C@H](C)N)o1)C(=O)O. The van der Waals surface area contributed by atoms with Gasteiger partial charge in [0.25, 0.3) is 0 Å². The van der Waals surface area contributed by atoms with E-state index < -0.39 is 30.1 Å². The molecule has 9 heteroatoms. The van der Waals surface area contributed by atoms with Crippen LogP contribution in [0.15, 0.2) is 4.42 Å². The number of aliphatic carboxylic acids is 1. The van der Waals surface area contributed by atoms with Crippen LogP contribution >= 0.6 is 0 Å². The fourth-order valence-corrected chi connectivity index (χ4v) is 1.16. The lowest BCUT2D eigenvalue weighted by molar-refractivity contribution is -0.138. The highest BCUT2D eigenvalue weighted by Gasteiger charge is 2.20. The molecule has 106 valence electrons. The molecule has 5 N–H and O–H groups in total. The standard InChI is InChI=1S/C10H17N5O4/c1-4(11)7-14-15-8(19-7)5(2)12-10(18)13-6(3)9(16)17/h4-6H,11H2,1-3H3,(H,16,17)(H2,12,13,18)/t4-,5-,6-/m0/s1. The van der Waals surface area contributed by atoms with Gasteiger partial charge in [-0.1, -0.05) is 0 Å². The first-order valence-corrected chi connectivity index (χ1v) is 5.70. The molecule has 1 rings (SSSR count). The summed E-state index contributed by atoms with van der Waals surface area (Å²) in [4.78, 5) is 22.1. The third-order valence-electron chi connectivity index (χ3n) is 2.28. The molecule has 19 heavy (non-hydrogen) atoms. The number of aromatic nitrogens is 2. The number of carboxylic acid groups (broad SMARTS) is 1. The van der Waals surface area contributed by atoms with Gasteiger partial charge in [0.05, 0.1) is 6.04 Å². The van der Waals surface area contributed by atoms with Crippen molar-refractivity contribution in [1.29, 1.82) is 0 Å². The molecule has 0 saturated heterocycles. The second-order valence-electron chi connectivity index (χ2n) is 4.17. The number of carbonyl (C=O) groups is 2. The fourth-order valence-electron chi connectivity index (χ4n) is 1.16. The van der Waals surface area contributed by atoms with Crippen molar-refractivity contribution in [1.82, 2.24) is 20.8 Å². The van der Waals surface area contributed by atoms with Crippen LogP contribution in [-0.4, -0.2) is 33.3 Å². The van der Waals surface area contributed by atoms with E-state index in [4.69, 9.17) is 15.3 Å². The van der Waals surface area contributed by atoms with Gasteiger partial charge in [-0.3, -0.25) is 4.79 Å². The van der Waals surface area contributed by atoms with Crippen molar-refractivity contribution in [3.63, 3.8) is 0 Å². The topological polar surface area (TPSA) is 143 Å². The Morgan fingerprint density at radius 2 is 1.79 bits per heavy atom. The molecule has 3 atom stereocenters. The number of rotatable bonds is 5. The van der Waals surface area contributed by atoms with Crippen LogP contribution in [0.5, 0.6) is 0 Å². The van der Waals surface area contributed by atoms with E-state index in [1.165, 1.54) is 6.92 Å². The molecule has 0 unspecified atom stereocenters. The van der Waals surface area contributed by atoms with Crippen LogP contribution in [0, 0.1) is 0 Å². The summed E-state index contributed by atoms with van der Waals surface area (Å²) < 4.78 is 5.25. The average Bonchev–Trinajstić information content (AvgIpc) is 2.77. The van der Waals surface area contributed by atoms with Gasteiger partial charge in [-0.15, -0.1) is 10.2 Å². The summed E-state index contributed by atoms with van der Waals surface area (Å²) in [6.45, 7) is 4.67. The van der Waals surface area contributed by atoms with Gasteiger partial charge in [0.2, 0.25) is 11.8 Å². The first kappa shape index (κ1) is 14.9. The van der Waals surface area contributed by atoms with Crippen LogP contribution in [0.3, 0.4) is 0 Å². The molecule has 0 radical (unpaired) electrons. The molecular weight excluding hydrogens is 254 g/mol. The third-order valence-corrected chi connectivity index (χ3v) is 2.28. The molecule has 0 spiro atoms. The normalized spacial score (nSPS) is 15.4. The van der Waals surface area contributed by atoms with Crippen molar-refractivity contribution >= 4 is 12.0 Å². The minimum absolute atomic E-state index is 0.199. The van der Waals surface area contributed by atoms with Crippen LogP contribution in [-0.2, 0) is 4.79 Å². The molecule has 0 bridgehead atoms. The van der Waals surface area contributed by atoms with E-state index in [-0.39, 0.29) is 11.8 Å². The number of hydrogen-bond donors (Lipinski definition) is 4. The number of hydrogen-bond acceptors (Lipinski definition) is 6. The van der Waals surface area contributed by atoms with E-state index in [2.05, 4.69) is 20.8 Å². The molecule has 1 aromatic rings. The molecule has 0 saturated carbocycles. The number of nitrogens with one attached hydrogen (secondary N) is 2. The van der Waals surface area contributed by atoms with Crippen LogP contribution in [0.2, 0.25) is 0 Å². The summed E-state index contributed by atoms with van der Waals surface area (Å²) in [5.74, 6) is -0.659. The zero-order valence-electron chi connectivity index (χ0n) is 10.9. The Morgan fingerprint density at radius 3 is 2.26 bits per heavy atom. The maximum Gasteiger partial charge on any atom is 0.325 e. The number of carboxylic acids is 1. The van der Waals surface area contributed by atoms with E-state index in [0.717, 1.165) is 0 Å².